The van der Waals surface area contributed by atoms with E-state index in [9.17, 15) is 9.59 Å². The van der Waals surface area contributed by atoms with Crippen molar-refractivity contribution in [2.24, 2.45) is 0 Å². The van der Waals surface area contributed by atoms with Gasteiger partial charge < -0.3 is 10.1 Å². The van der Waals surface area contributed by atoms with Crippen molar-refractivity contribution in [3.8, 4) is 16.9 Å². The monoisotopic (exact) mass is 412 g/mol. The number of pyridine rings is 1. The smallest absolute Gasteiger partial charge is 0.252 e. The molecule has 0 saturated heterocycles. The van der Waals surface area contributed by atoms with E-state index >= 15 is 0 Å². The third kappa shape index (κ3) is 3.79. The van der Waals surface area contributed by atoms with E-state index in [1.807, 2.05) is 24.3 Å². The summed E-state index contributed by atoms with van der Waals surface area (Å²) >= 11 is 7.57. The lowest BCUT2D eigenvalue weighted by molar-refractivity contribution is 0.0934. The van der Waals surface area contributed by atoms with Crippen LogP contribution in [-0.2, 0) is 6.42 Å². The Balaban J connectivity index is 1.46. The molecule has 0 fully saturated rings. The summed E-state index contributed by atoms with van der Waals surface area (Å²) in [5, 5.41) is 5.23. The first kappa shape index (κ1) is 18.7. The summed E-state index contributed by atoms with van der Waals surface area (Å²) in [5.74, 6) is 0.541. The molecule has 0 spiro atoms. The molecule has 1 atom stereocenters. The van der Waals surface area contributed by atoms with E-state index in [-0.39, 0.29) is 17.8 Å². The van der Waals surface area contributed by atoms with Crippen molar-refractivity contribution < 1.29 is 14.3 Å². The van der Waals surface area contributed by atoms with Crippen LogP contribution in [0.5, 0.6) is 5.75 Å². The van der Waals surface area contributed by atoms with Gasteiger partial charge in [-0.25, -0.2) is 0 Å². The first-order valence-electron chi connectivity index (χ1n) is 8.78. The second-order valence-electron chi connectivity index (χ2n) is 6.59. The number of ether oxygens (including phenoxy) is 1. The quantitative estimate of drug-likeness (QED) is 0.630. The molecule has 0 aliphatic carbocycles. The van der Waals surface area contributed by atoms with Crippen LogP contribution in [0, 0.1) is 0 Å². The molecule has 1 unspecified atom stereocenters. The van der Waals surface area contributed by atoms with E-state index in [1.54, 1.807) is 23.8 Å². The lowest BCUT2D eigenvalue weighted by Crippen LogP contribution is -2.34. The number of rotatable bonds is 5. The molecule has 1 amide bonds. The Labute approximate surface area is 171 Å². The number of Topliss-reactive ketones (excluding diaryl/α,β-unsaturated/α-hetero) is 1. The molecule has 0 bridgehead atoms. The standard InChI is InChI=1S/C21H17ClN2O3S/c1-12(25)19-8-15(11-28-19)21(26)24-10-17-7-14-6-16(22)9-18(20(14)27-17)13-2-4-23-5-3-13/h2-6,8-9,11,17H,7,10H2,1H3,(H,24,26). The van der Waals surface area contributed by atoms with Crippen molar-refractivity contribution in [3.63, 3.8) is 0 Å². The lowest BCUT2D eigenvalue weighted by Gasteiger charge is -2.13. The number of thiophene rings is 1. The molecule has 3 heterocycles. The summed E-state index contributed by atoms with van der Waals surface area (Å²) in [4.78, 5) is 28.4. The van der Waals surface area contributed by atoms with E-state index in [2.05, 4.69) is 10.3 Å². The number of halogens is 1. The molecule has 5 nitrogen and oxygen atoms in total. The molecule has 1 aliphatic rings. The molecule has 1 N–H and O–H groups in total. The van der Waals surface area contributed by atoms with Crippen LogP contribution in [0.2, 0.25) is 5.02 Å². The molecular weight excluding hydrogens is 396 g/mol. The van der Waals surface area contributed by atoms with Gasteiger partial charge in [0.15, 0.2) is 5.78 Å². The average molecular weight is 413 g/mol. The van der Waals surface area contributed by atoms with E-state index in [0.717, 1.165) is 22.4 Å². The Kier molecular flexibility index (Phi) is 5.15. The Morgan fingerprint density at radius 1 is 1.29 bits per heavy atom. The first-order chi connectivity index (χ1) is 13.5. The van der Waals surface area contributed by atoms with Gasteiger partial charge in [-0.3, -0.25) is 14.6 Å². The first-order valence-corrected chi connectivity index (χ1v) is 10.0. The van der Waals surface area contributed by atoms with Gasteiger partial charge in [0.2, 0.25) is 0 Å². The number of carbonyl (C=O) groups excluding carboxylic acids is 2. The van der Waals surface area contributed by atoms with Crippen LogP contribution in [0.25, 0.3) is 11.1 Å². The van der Waals surface area contributed by atoms with Gasteiger partial charge in [-0.2, -0.15) is 0 Å². The predicted molar refractivity (Wildman–Crippen MR) is 109 cm³/mol. The molecule has 3 aromatic rings. The molecule has 4 rings (SSSR count). The van der Waals surface area contributed by atoms with Crippen molar-refractivity contribution in [3.05, 3.63) is 69.1 Å². The van der Waals surface area contributed by atoms with Gasteiger partial charge in [0.25, 0.3) is 5.91 Å². The Morgan fingerprint density at radius 3 is 2.79 bits per heavy atom. The van der Waals surface area contributed by atoms with Gasteiger partial charge in [0.1, 0.15) is 11.9 Å². The van der Waals surface area contributed by atoms with Crippen LogP contribution < -0.4 is 10.1 Å². The largest absolute Gasteiger partial charge is 0.487 e. The summed E-state index contributed by atoms with van der Waals surface area (Å²) in [6.07, 6.45) is 3.94. The van der Waals surface area contributed by atoms with Gasteiger partial charge in [0.05, 0.1) is 17.0 Å². The highest BCUT2D eigenvalue weighted by Crippen LogP contribution is 2.40. The van der Waals surface area contributed by atoms with Crippen molar-refractivity contribution in [1.29, 1.82) is 0 Å². The van der Waals surface area contributed by atoms with Crippen LogP contribution in [0.15, 0.2) is 48.1 Å². The number of benzene rings is 1. The second-order valence-corrected chi connectivity index (χ2v) is 7.93. The number of hydrogen-bond donors (Lipinski definition) is 1. The van der Waals surface area contributed by atoms with Gasteiger partial charge >= 0.3 is 0 Å². The molecule has 28 heavy (non-hydrogen) atoms. The number of amides is 1. The number of nitrogens with zero attached hydrogens (tertiary/aromatic N) is 1. The van der Waals surface area contributed by atoms with Gasteiger partial charge in [0, 0.05) is 40.3 Å². The number of aromatic nitrogens is 1. The van der Waals surface area contributed by atoms with E-state index < -0.39 is 0 Å². The zero-order valence-electron chi connectivity index (χ0n) is 15.1. The highest BCUT2D eigenvalue weighted by molar-refractivity contribution is 7.12. The third-order valence-electron chi connectivity index (χ3n) is 4.55. The summed E-state index contributed by atoms with van der Waals surface area (Å²) in [7, 11) is 0. The zero-order chi connectivity index (χ0) is 19.7. The molecule has 7 heteroatoms. The van der Waals surface area contributed by atoms with Crippen LogP contribution in [0.4, 0.5) is 0 Å². The Hall–Kier alpha value is -2.70. The molecule has 2 aromatic heterocycles. The number of hydrogen-bond acceptors (Lipinski definition) is 5. The van der Waals surface area contributed by atoms with Crippen molar-refractivity contribution in [2.45, 2.75) is 19.4 Å². The minimum atomic E-state index is -0.212. The molecule has 0 radical (unpaired) electrons. The molecule has 0 saturated carbocycles. The summed E-state index contributed by atoms with van der Waals surface area (Å²) in [5.41, 5.74) is 3.41. The highest BCUT2D eigenvalue weighted by Gasteiger charge is 2.27. The molecule has 142 valence electrons. The van der Waals surface area contributed by atoms with Crippen LogP contribution in [-0.4, -0.2) is 29.3 Å². The number of nitrogens with one attached hydrogen (secondary N) is 1. The molecule has 1 aromatic carbocycles. The SMILES string of the molecule is CC(=O)c1cc(C(=O)NCC2Cc3cc(Cl)cc(-c4ccncc4)c3O2)cs1. The number of carbonyl (C=O) groups is 2. The topological polar surface area (TPSA) is 68.3 Å². The van der Waals surface area contributed by atoms with E-state index in [1.165, 1.54) is 18.3 Å². The van der Waals surface area contributed by atoms with E-state index in [0.29, 0.717) is 28.4 Å². The summed E-state index contributed by atoms with van der Waals surface area (Å²) in [6, 6.07) is 9.22. The fraction of sp³-hybridized carbons (Fsp3) is 0.190. The number of ketones is 1. The third-order valence-corrected chi connectivity index (χ3v) is 5.80. The van der Waals surface area contributed by atoms with Crippen molar-refractivity contribution >= 4 is 34.6 Å². The fourth-order valence-electron chi connectivity index (χ4n) is 3.20. The lowest BCUT2D eigenvalue weighted by atomic mass is 10.0. The van der Waals surface area contributed by atoms with Crippen LogP contribution in [0.3, 0.4) is 0 Å². The maximum Gasteiger partial charge on any atom is 0.252 e. The Bertz CT molecular complexity index is 1050. The minimum Gasteiger partial charge on any atom is -0.487 e. The van der Waals surface area contributed by atoms with Gasteiger partial charge in [-0.05, 0) is 42.8 Å². The van der Waals surface area contributed by atoms with Gasteiger partial charge in [-0.1, -0.05) is 11.6 Å². The summed E-state index contributed by atoms with van der Waals surface area (Å²) < 4.78 is 6.13. The average Bonchev–Trinajstić information content (AvgIpc) is 3.33. The fourth-order valence-corrected chi connectivity index (χ4v) is 4.23. The Morgan fingerprint density at radius 2 is 2.07 bits per heavy atom. The zero-order valence-corrected chi connectivity index (χ0v) is 16.6. The van der Waals surface area contributed by atoms with Crippen molar-refractivity contribution in [2.75, 3.05) is 6.54 Å². The summed E-state index contributed by atoms with van der Waals surface area (Å²) in [6.45, 7) is 1.86. The van der Waals surface area contributed by atoms with Gasteiger partial charge in [-0.15, -0.1) is 11.3 Å². The maximum absolute atomic E-state index is 12.4. The minimum absolute atomic E-state index is 0.0425. The van der Waals surface area contributed by atoms with Crippen molar-refractivity contribution in [1.82, 2.24) is 10.3 Å². The molecular formula is C21H17ClN2O3S. The van der Waals surface area contributed by atoms with Crippen LogP contribution in [0.1, 0.15) is 32.5 Å². The maximum atomic E-state index is 12.4. The molecule has 1 aliphatic heterocycles. The normalized spacial score (nSPS) is 15.0. The van der Waals surface area contributed by atoms with Crippen LogP contribution >= 0.6 is 22.9 Å². The highest BCUT2D eigenvalue weighted by atomic mass is 35.5. The predicted octanol–water partition coefficient (Wildman–Crippen LogP) is 4.40. The second kappa shape index (κ2) is 7.73. The number of fused-ring (bicyclic) bond motifs is 1. The van der Waals surface area contributed by atoms with E-state index in [4.69, 9.17) is 16.3 Å².